The molecule has 1 heterocycles. The van der Waals surface area contributed by atoms with Crippen molar-refractivity contribution in [1.29, 1.82) is 0 Å². The number of hydrogen-bond donors (Lipinski definition) is 4. The minimum absolute atomic E-state index is 0.0288. The first-order valence-corrected chi connectivity index (χ1v) is 18.8. The fourth-order valence-corrected chi connectivity index (χ4v) is 5.81. The van der Waals surface area contributed by atoms with E-state index in [-0.39, 0.29) is 62.0 Å². The molecule has 314 valence electrons. The Kier molecular flexibility index (Phi) is 18.1. The number of unbranched alkanes of at least 4 members (excludes halogenated alkanes) is 2. The van der Waals surface area contributed by atoms with Gasteiger partial charge >= 0.3 is 12.1 Å². The van der Waals surface area contributed by atoms with E-state index in [0.29, 0.717) is 41.8 Å². The molecule has 1 unspecified atom stereocenters. The van der Waals surface area contributed by atoms with Crippen molar-refractivity contribution in [3.8, 4) is 22.5 Å². The Balaban J connectivity index is 1.41. The SMILES string of the molecule is CCCCC(=O)N(Cc1ccc(-c2ccccc2-c2nnn(C(C)OC(=O)OCc3ccc(CON(O)O)cc3)n2)cc1)[C@H](C(=O)OCCCCON(O)O)C(C)C. The number of carbonyl (C=O) groups excluding carboxylic acids is 3. The lowest BCUT2D eigenvalue weighted by molar-refractivity contribution is -0.497. The number of ether oxygens (including phenoxy) is 3. The minimum Gasteiger partial charge on any atom is -0.464 e. The number of tetrazole rings is 1. The Hall–Kier alpha value is -5.38. The number of aromatic nitrogens is 4. The third kappa shape index (κ3) is 14.2. The molecule has 2 atom stereocenters. The van der Waals surface area contributed by atoms with Crippen molar-refractivity contribution in [1.82, 2.24) is 35.9 Å². The molecular weight excluding hydrogens is 758 g/mol. The van der Waals surface area contributed by atoms with Crippen molar-refractivity contribution < 1.29 is 59.1 Å². The first-order valence-electron chi connectivity index (χ1n) is 18.8. The summed E-state index contributed by atoms with van der Waals surface area (Å²) in [5.41, 5.74) is 4.45. The third-order valence-corrected chi connectivity index (χ3v) is 8.80. The summed E-state index contributed by atoms with van der Waals surface area (Å²) in [4.78, 5) is 51.2. The molecule has 1 aromatic heterocycles. The van der Waals surface area contributed by atoms with E-state index in [9.17, 15) is 14.4 Å². The average Bonchev–Trinajstić information content (AvgIpc) is 3.70. The maximum absolute atomic E-state index is 13.5. The van der Waals surface area contributed by atoms with Gasteiger partial charge in [0.2, 0.25) is 18.0 Å². The number of esters is 1. The largest absolute Gasteiger partial charge is 0.510 e. The van der Waals surface area contributed by atoms with E-state index in [1.165, 1.54) is 0 Å². The Labute approximate surface area is 335 Å². The predicted molar refractivity (Wildman–Crippen MR) is 202 cm³/mol. The van der Waals surface area contributed by atoms with Gasteiger partial charge in [0.25, 0.3) is 0 Å². The lowest BCUT2D eigenvalue weighted by Crippen LogP contribution is -2.48. The quantitative estimate of drug-likeness (QED) is 0.0367. The highest BCUT2D eigenvalue weighted by Crippen LogP contribution is 2.31. The molecule has 19 heteroatoms. The fraction of sp³-hybridized carbons (Fsp3) is 0.436. The summed E-state index contributed by atoms with van der Waals surface area (Å²) in [5.74, 6) is -0.598. The summed E-state index contributed by atoms with van der Waals surface area (Å²) in [5, 5.41) is 46.7. The van der Waals surface area contributed by atoms with Crippen molar-refractivity contribution >= 4 is 18.0 Å². The Bertz CT molecular complexity index is 1870. The molecule has 0 fully saturated rings. The molecule has 0 saturated heterocycles. The van der Waals surface area contributed by atoms with Gasteiger partial charge in [-0.2, -0.15) is 0 Å². The van der Waals surface area contributed by atoms with Crippen molar-refractivity contribution in [3.05, 3.63) is 89.5 Å². The summed E-state index contributed by atoms with van der Waals surface area (Å²) >= 11 is 0. The van der Waals surface area contributed by atoms with Crippen molar-refractivity contribution in [3.63, 3.8) is 0 Å². The standard InChI is InChI=1S/C39H51N7O12/c1-5-6-13-35(47)43(36(27(2)3)38(48)54-22-9-10-23-56-45(50)51)24-29-18-20-32(21-19-29)33-11-7-8-12-34(33)37-40-42-44(41-37)28(4)58-39(49)55-25-30-14-16-31(17-15-30)26-57-46(52)53/h7-8,11-12,14-21,27-28,36,50-53H,5-6,9-10,13,22-26H2,1-4H3/t28?,36-/m0/s1. The molecule has 3 aromatic carbocycles. The van der Waals surface area contributed by atoms with Crippen molar-refractivity contribution in [2.45, 2.75) is 91.8 Å². The topological polar surface area (TPSA) is 232 Å². The normalized spacial score (nSPS) is 12.5. The summed E-state index contributed by atoms with van der Waals surface area (Å²) in [7, 11) is 0. The Morgan fingerprint density at radius 3 is 2.00 bits per heavy atom. The average molecular weight is 810 g/mol. The third-order valence-electron chi connectivity index (χ3n) is 8.80. The van der Waals surface area contributed by atoms with Crippen LogP contribution in [0.1, 0.15) is 82.7 Å². The van der Waals surface area contributed by atoms with Crippen LogP contribution in [0, 0.1) is 5.92 Å². The molecule has 0 aliphatic carbocycles. The van der Waals surface area contributed by atoms with Crippen molar-refractivity contribution in [2.24, 2.45) is 5.92 Å². The maximum atomic E-state index is 13.5. The van der Waals surface area contributed by atoms with Gasteiger partial charge in [0.15, 0.2) is 0 Å². The van der Waals surface area contributed by atoms with Gasteiger partial charge in [0.1, 0.15) is 12.6 Å². The Morgan fingerprint density at radius 2 is 1.36 bits per heavy atom. The van der Waals surface area contributed by atoms with E-state index >= 15 is 0 Å². The first kappa shape index (κ1) is 45.3. The summed E-state index contributed by atoms with van der Waals surface area (Å²) < 4.78 is 16.1. The number of carbonyl (C=O) groups is 3. The highest BCUT2D eigenvalue weighted by molar-refractivity contribution is 5.85. The van der Waals surface area contributed by atoms with E-state index in [1.54, 1.807) is 36.1 Å². The van der Waals surface area contributed by atoms with Crippen LogP contribution in [-0.4, -0.2) is 94.0 Å². The molecule has 4 aromatic rings. The molecule has 58 heavy (non-hydrogen) atoms. The molecule has 0 bridgehead atoms. The zero-order valence-electron chi connectivity index (χ0n) is 32.9. The smallest absolute Gasteiger partial charge is 0.464 e. The van der Waals surface area contributed by atoms with E-state index in [4.69, 9.17) is 35.0 Å². The number of rotatable bonds is 23. The van der Waals surface area contributed by atoms with E-state index in [2.05, 4.69) is 25.1 Å². The minimum atomic E-state index is -0.950. The maximum Gasteiger partial charge on any atom is 0.510 e. The molecule has 0 aliphatic rings. The van der Waals surface area contributed by atoms with Crippen LogP contribution in [0.25, 0.3) is 22.5 Å². The lowest BCUT2D eigenvalue weighted by Gasteiger charge is -2.33. The second kappa shape index (κ2) is 23.1. The first-order chi connectivity index (χ1) is 27.9. The zero-order valence-corrected chi connectivity index (χ0v) is 32.9. The van der Waals surface area contributed by atoms with Gasteiger partial charge in [-0.15, -0.1) is 15.0 Å². The molecule has 0 aliphatic heterocycles. The molecule has 1 amide bonds. The number of nitrogens with zero attached hydrogens (tertiary/aromatic N) is 7. The lowest BCUT2D eigenvalue weighted by atomic mass is 9.97. The van der Waals surface area contributed by atoms with Gasteiger partial charge in [-0.05, 0) is 65.1 Å². The van der Waals surface area contributed by atoms with Crippen LogP contribution in [0.4, 0.5) is 4.79 Å². The summed E-state index contributed by atoms with van der Waals surface area (Å²) in [6.07, 6.45) is 0.742. The van der Waals surface area contributed by atoms with Gasteiger partial charge < -0.3 is 19.1 Å². The van der Waals surface area contributed by atoms with E-state index < -0.39 is 24.4 Å². The number of hydrogen-bond acceptors (Lipinski definition) is 17. The van der Waals surface area contributed by atoms with Gasteiger partial charge in [-0.1, -0.05) is 100.0 Å². The van der Waals surface area contributed by atoms with E-state index in [1.807, 2.05) is 69.3 Å². The second-order valence-electron chi connectivity index (χ2n) is 13.5. The van der Waals surface area contributed by atoms with Gasteiger partial charge in [0, 0.05) is 18.5 Å². The van der Waals surface area contributed by atoms with Gasteiger partial charge in [0.05, 0.1) is 30.6 Å². The van der Waals surface area contributed by atoms with Crippen LogP contribution in [-0.2, 0) is 53.2 Å². The van der Waals surface area contributed by atoms with E-state index in [0.717, 1.165) is 27.9 Å². The second-order valence-corrected chi connectivity index (χ2v) is 13.5. The van der Waals surface area contributed by atoms with Crippen LogP contribution < -0.4 is 0 Å². The number of amides is 1. The highest BCUT2D eigenvalue weighted by Gasteiger charge is 2.33. The highest BCUT2D eigenvalue weighted by atomic mass is 17.1. The molecular formula is C39H51N7O12. The van der Waals surface area contributed by atoms with Crippen molar-refractivity contribution in [2.75, 3.05) is 13.2 Å². The zero-order chi connectivity index (χ0) is 42.0. The Morgan fingerprint density at radius 1 is 0.741 bits per heavy atom. The molecule has 4 rings (SSSR count). The number of benzene rings is 3. The van der Waals surface area contributed by atoms with Crippen LogP contribution in [0.2, 0.25) is 0 Å². The monoisotopic (exact) mass is 809 g/mol. The fourth-order valence-electron chi connectivity index (χ4n) is 5.81. The molecule has 0 spiro atoms. The van der Waals surface area contributed by atoms with Crippen LogP contribution >= 0.6 is 0 Å². The van der Waals surface area contributed by atoms with Crippen LogP contribution in [0.3, 0.4) is 0 Å². The van der Waals surface area contributed by atoms with Crippen LogP contribution in [0.15, 0.2) is 72.8 Å². The van der Waals surface area contributed by atoms with Gasteiger partial charge in [-0.25, -0.2) is 14.4 Å². The molecule has 0 radical (unpaired) electrons. The van der Waals surface area contributed by atoms with Crippen LogP contribution in [0.5, 0.6) is 0 Å². The predicted octanol–water partition coefficient (Wildman–Crippen LogP) is 6.27. The molecule has 19 nitrogen and oxygen atoms in total. The van der Waals surface area contributed by atoms with Gasteiger partial charge in [-0.3, -0.25) is 30.5 Å². The summed E-state index contributed by atoms with van der Waals surface area (Å²) in [6, 6.07) is 21.0. The molecule has 4 N–H and O–H groups in total. The summed E-state index contributed by atoms with van der Waals surface area (Å²) in [6.45, 7) is 7.46. The molecule has 0 saturated carbocycles.